The molecule has 0 bridgehead atoms. The minimum absolute atomic E-state index is 0.236. The van der Waals surface area contributed by atoms with Crippen molar-refractivity contribution in [1.82, 2.24) is 0 Å². The summed E-state index contributed by atoms with van der Waals surface area (Å²) in [4.78, 5) is 0. The van der Waals surface area contributed by atoms with E-state index in [2.05, 4.69) is 25.7 Å². The van der Waals surface area contributed by atoms with Crippen LogP contribution in [0.4, 0.5) is 0 Å². The molecule has 0 aromatic heterocycles. The number of aliphatic hydroxyl groups is 1. The molecule has 13 heavy (non-hydrogen) atoms. The van der Waals surface area contributed by atoms with Crippen LogP contribution in [0.3, 0.4) is 0 Å². The van der Waals surface area contributed by atoms with Crippen LogP contribution in [0.5, 0.6) is 0 Å². The van der Waals surface area contributed by atoms with E-state index < -0.39 is 0 Å². The lowest BCUT2D eigenvalue weighted by Crippen LogP contribution is -2.01. The lowest BCUT2D eigenvalue weighted by atomic mass is 10.1. The monoisotopic (exact) mass is 182 g/mol. The summed E-state index contributed by atoms with van der Waals surface area (Å²) >= 11 is 0. The molecule has 0 rings (SSSR count). The normalized spacial score (nSPS) is 13.4. The van der Waals surface area contributed by atoms with Gasteiger partial charge in [-0.15, -0.1) is 6.58 Å². The van der Waals surface area contributed by atoms with E-state index in [4.69, 9.17) is 0 Å². The highest BCUT2D eigenvalue weighted by Gasteiger charge is 1.95. The summed E-state index contributed by atoms with van der Waals surface area (Å²) in [6, 6.07) is 0. The third kappa shape index (κ3) is 9.35. The van der Waals surface area contributed by atoms with Gasteiger partial charge in [0.1, 0.15) is 0 Å². The summed E-state index contributed by atoms with van der Waals surface area (Å²) < 4.78 is 0. The van der Waals surface area contributed by atoms with Crippen molar-refractivity contribution in [2.45, 2.75) is 51.6 Å². The number of aliphatic hydroxyl groups excluding tert-OH is 1. The molecular weight excluding hydrogens is 160 g/mol. The first-order chi connectivity index (χ1) is 6.31. The van der Waals surface area contributed by atoms with Crippen molar-refractivity contribution in [3.63, 3.8) is 0 Å². The van der Waals surface area contributed by atoms with Gasteiger partial charge in [0.25, 0.3) is 0 Å². The zero-order valence-corrected chi connectivity index (χ0v) is 8.71. The molecule has 0 aliphatic heterocycles. The first-order valence-corrected chi connectivity index (χ1v) is 5.25. The highest BCUT2D eigenvalue weighted by atomic mass is 16.3. The maximum absolute atomic E-state index is 9.33. The molecule has 1 N–H and O–H groups in total. The summed E-state index contributed by atoms with van der Waals surface area (Å²) in [6.45, 7) is 5.79. The van der Waals surface area contributed by atoms with Crippen LogP contribution in [0.2, 0.25) is 0 Å². The van der Waals surface area contributed by atoms with Crippen molar-refractivity contribution in [3.05, 3.63) is 24.8 Å². The number of rotatable bonds is 8. The van der Waals surface area contributed by atoms with Crippen LogP contribution in [0.15, 0.2) is 24.8 Å². The third-order valence-corrected chi connectivity index (χ3v) is 1.99. The summed E-state index contributed by atoms with van der Waals surface area (Å²) in [5, 5.41) is 9.33. The Kier molecular flexibility index (Phi) is 9.12. The molecule has 0 aromatic carbocycles. The van der Waals surface area contributed by atoms with Crippen molar-refractivity contribution in [1.29, 1.82) is 0 Å². The average Bonchev–Trinajstić information content (AvgIpc) is 2.11. The molecule has 0 spiro atoms. The smallest absolute Gasteiger partial charge is 0.0608 e. The summed E-state index contributed by atoms with van der Waals surface area (Å²) in [5.41, 5.74) is 0. The zero-order valence-electron chi connectivity index (χ0n) is 8.71. The lowest BCUT2D eigenvalue weighted by Gasteiger charge is -2.02. The Morgan fingerprint density at radius 3 is 2.62 bits per heavy atom. The molecule has 1 atom stereocenters. The SMILES string of the molecule is C=CCC(O)C/C=C\CCCCC. The lowest BCUT2D eigenvalue weighted by molar-refractivity contribution is 0.181. The molecule has 0 saturated carbocycles. The number of hydrogen-bond acceptors (Lipinski definition) is 1. The molecule has 76 valence electrons. The zero-order chi connectivity index (χ0) is 9.94. The van der Waals surface area contributed by atoms with Gasteiger partial charge in [0.2, 0.25) is 0 Å². The largest absolute Gasteiger partial charge is 0.392 e. The number of allylic oxidation sites excluding steroid dienone is 1. The van der Waals surface area contributed by atoms with E-state index in [-0.39, 0.29) is 6.10 Å². The molecule has 0 fully saturated rings. The van der Waals surface area contributed by atoms with Crippen molar-refractivity contribution in [3.8, 4) is 0 Å². The Labute approximate surface area is 82.2 Å². The van der Waals surface area contributed by atoms with E-state index in [1.807, 2.05) is 0 Å². The average molecular weight is 182 g/mol. The molecule has 0 aromatic rings. The standard InChI is InChI=1S/C12H22O/c1-3-5-6-7-8-9-11-12(13)10-4-2/h4,8-9,12-13H,2-3,5-7,10-11H2,1H3/b9-8-. The van der Waals surface area contributed by atoms with Gasteiger partial charge >= 0.3 is 0 Å². The van der Waals surface area contributed by atoms with Gasteiger partial charge in [-0.25, -0.2) is 0 Å². The van der Waals surface area contributed by atoms with E-state index in [1.54, 1.807) is 6.08 Å². The molecule has 1 nitrogen and oxygen atoms in total. The van der Waals surface area contributed by atoms with Crippen LogP contribution >= 0.6 is 0 Å². The van der Waals surface area contributed by atoms with E-state index >= 15 is 0 Å². The van der Waals surface area contributed by atoms with E-state index in [9.17, 15) is 5.11 Å². The Balaban J connectivity index is 3.24. The van der Waals surface area contributed by atoms with Crippen LogP contribution in [-0.4, -0.2) is 11.2 Å². The maximum atomic E-state index is 9.33. The Bertz CT molecular complexity index is 138. The predicted molar refractivity (Wildman–Crippen MR) is 58.7 cm³/mol. The molecule has 1 heteroatoms. The molecule has 1 unspecified atom stereocenters. The highest BCUT2D eigenvalue weighted by Crippen LogP contribution is 2.03. The van der Waals surface area contributed by atoms with Gasteiger partial charge in [0, 0.05) is 0 Å². The first kappa shape index (κ1) is 12.4. The Morgan fingerprint density at radius 1 is 1.23 bits per heavy atom. The van der Waals surface area contributed by atoms with Crippen LogP contribution < -0.4 is 0 Å². The first-order valence-electron chi connectivity index (χ1n) is 5.25. The second-order valence-electron chi connectivity index (χ2n) is 3.38. The summed E-state index contributed by atoms with van der Waals surface area (Å²) in [6.07, 6.45) is 12.2. The highest BCUT2D eigenvalue weighted by molar-refractivity contribution is 4.86. The topological polar surface area (TPSA) is 20.2 Å². The fourth-order valence-electron chi connectivity index (χ4n) is 1.17. The molecule has 0 radical (unpaired) electrons. The van der Waals surface area contributed by atoms with Gasteiger partial charge in [-0.05, 0) is 25.7 Å². The van der Waals surface area contributed by atoms with Crippen LogP contribution in [-0.2, 0) is 0 Å². The van der Waals surface area contributed by atoms with Gasteiger partial charge in [0.15, 0.2) is 0 Å². The Hall–Kier alpha value is -0.560. The number of unbranched alkanes of at least 4 members (excludes halogenated alkanes) is 3. The summed E-state index contributed by atoms with van der Waals surface area (Å²) in [7, 11) is 0. The van der Waals surface area contributed by atoms with Crippen molar-refractivity contribution in [2.75, 3.05) is 0 Å². The molecule has 0 saturated heterocycles. The molecule has 0 heterocycles. The van der Waals surface area contributed by atoms with Crippen molar-refractivity contribution in [2.24, 2.45) is 0 Å². The van der Waals surface area contributed by atoms with Crippen molar-refractivity contribution < 1.29 is 5.11 Å². The third-order valence-electron chi connectivity index (χ3n) is 1.99. The Morgan fingerprint density at radius 2 is 2.00 bits per heavy atom. The fourth-order valence-corrected chi connectivity index (χ4v) is 1.17. The van der Waals surface area contributed by atoms with Gasteiger partial charge in [-0.3, -0.25) is 0 Å². The minimum atomic E-state index is -0.236. The van der Waals surface area contributed by atoms with E-state index in [1.165, 1.54) is 19.3 Å². The van der Waals surface area contributed by atoms with Crippen molar-refractivity contribution >= 4 is 0 Å². The van der Waals surface area contributed by atoms with Gasteiger partial charge < -0.3 is 5.11 Å². The molecule has 0 amide bonds. The number of hydrogen-bond donors (Lipinski definition) is 1. The second-order valence-corrected chi connectivity index (χ2v) is 3.38. The molecular formula is C12H22O. The van der Waals surface area contributed by atoms with Crippen LogP contribution in [0.25, 0.3) is 0 Å². The van der Waals surface area contributed by atoms with Gasteiger partial charge in [-0.2, -0.15) is 0 Å². The quantitative estimate of drug-likeness (QED) is 0.450. The van der Waals surface area contributed by atoms with Gasteiger partial charge in [-0.1, -0.05) is 38.0 Å². The van der Waals surface area contributed by atoms with Gasteiger partial charge in [0.05, 0.1) is 6.10 Å². The predicted octanol–water partition coefficient (Wildman–Crippen LogP) is 3.45. The molecule has 0 aliphatic rings. The summed E-state index contributed by atoms with van der Waals surface area (Å²) in [5.74, 6) is 0. The maximum Gasteiger partial charge on any atom is 0.0608 e. The van der Waals surface area contributed by atoms with E-state index in [0.29, 0.717) is 6.42 Å². The fraction of sp³-hybridized carbons (Fsp3) is 0.667. The second kappa shape index (κ2) is 9.53. The van der Waals surface area contributed by atoms with Crippen LogP contribution in [0, 0.1) is 0 Å². The molecule has 0 aliphatic carbocycles. The van der Waals surface area contributed by atoms with E-state index in [0.717, 1.165) is 12.8 Å². The minimum Gasteiger partial charge on any atom is -0.392 e. The van der Waals surface area contributed by atoms with Crippen LogP contribution in [0.1, 0.15) is 45.4 Å².